The lowest BCUT2D eigenvalue weighted by Gasteiger charge is -2.35. The van der Waals surface area contributed by atoms with E-state index in [1.807, 2.05) is 0 Å². The van der Waals surface area contributed by atoms with E-state index in [2.05, 4.69) is 4.90 Å². The third kappa shape index (κ3) is 1.16. The van der Waals surface area contributed by atoms with E-state index in [9.17, 15) is 10.2 Å². The first kappa shape index (κ1) is 7.49. The molecule has 0 saturated carbocycles. The zero-order valence-electron chi connectivity index (χ0n) is 6.31. The van der Waals surface area contributed by atoms with E-state index in [-0.39, 0.29) is 6.04 Å². The van der Waals surface area contributed by atoms with Crippen LogP contribution in [0.25, 0.3) is 0 Å². The number of aliphatic hydroxyl groups is 2. The van der Waals surface area contributed by atoms with Crippen LogP contribution in [0.4, 0.5) is 0 Å². The molecule has 4 nitrogen and oxygen atoms in total. The van der Waals surface area contributed by atoms with Crippen molar-refractivity contribution < 1.29 is 14.9 Å². The Morgan fingerprint density at radius 1 is 1.36 bits per heavy atom. The number of fused-ring (bicyclic) bond motifs is 1. The Morgan fingerprint density at radius 3 is 3.00 bits per heavy atom. The van der Waals surface area contributed by atoms with Crippen LogP contribution in [0.2, 0.25) is 0 Å². The Hall–Kier alpha value is -0.160. The van der Waals surface area contributed by atoms with Gasteiger partial charge in [0.2, 0.25) is 0 Å². The molecule has 2 rings (SSSR count). The highest BCUT2D eigenvalue weighted by Crippen LogP contribution is 2.22. The Labute approximate surface area is 65.4 Å². The number of piperidine rings is 1. The van der Waals surface area contributed by atoms with Crippen LogP contribution >= 0.6 is 0 Å². The summed E-state index contributed by atoms with van der Waals surface area (Å²) in [6, 6.07) is 0.0266. The van der Waals surface area contributed by atoms with Gasteiger partial charge in [-0.05, 0) is 6.42 Å². The van der Waals surface area contributed by atoms with Gasteiger partial charge in [-0.1, -0.05) is 0 Å². The second kappa shape index (κ2) is 2.71. The molecular formula is C7H13NO3. The van der Waals surface area contributed by atoms with Crippen LogP contribution in [0.1, 0.15) is 6.42 Å². The summed E-state index contributed by atoms with van der Waals surface area (Å²) >= 11 is 0. The van der Waals surface area contributed by atoms with Crippen molar-refractivity contribution in [2.24, 2.45) is 0 Å². The van der Waals surface area contributed by atoms with Crippen LogP contribution < -0.4 is 0 Å². The first-order valence-corrected chi connectivity index (χ1v) is 3.97. The van der Waals surface area contributed by atoms with E-state index in [1.54, 1.807) is 0 Å². The van der Waals surface area contributed by atoms with Gasteiger partial charge in [-0.25, -0.2) is 0 Å². The molecule has 0 aromatic rings. The second-order valence-corrected chi connectivity index (χ2v) is 3.23. The van der Waals surface area contributed by atoms with Gasteiger partial charge in [-0.3, -0.25) is 4.90 Å². The number of aliphatic hydroxyl groups excluding tert-OH is 2. The highest BCUT2D eigenvalue weighted by molar-refractivity contribution is 4.90. The molecule has 0 amide bonds. The van der Waals surface area contributed by atoms with Crippen LogP contribution in [-0.4, -0.2) is 53.2 Å². The van der Waals surface area contributed by atoms with Crippen molar-refractivity contribution in [2.75, 3.05) is 19.9 Å². The zero-order chi connectivity index (χ0) is 7.84. The maximum atomic E-state index is 9.48. The molecule has 3 atom stereocenters. The third-order valence-electron chi connectivity index (χ3n) is 2.52. The topological polar surface area (TPSA) is 52.9 Å². The van der Waals surface area contributed by atoms with Crippen molar-refractivity contribution in [3.63, 3.8) is 0 Å². The highest BCUT2D eigenvalue weighted by atomic mass is 16.5. The van der Waals surface area contributed by atoms with Gasteiger partial charge in [0.1, 0.15) is 0 Å². The molecule has 0 aromatic carbocycles. The van der Waals surface area contributed by atoms with Crippen molar-refractivity contribution >= 4 is 0 Å². The van der Waals surface area contributed by atoms with Gasteiger partial charge in [0.25, 0.3) is 0 Å². The number of rotatable bonds is 0. The second-order valence-electron chi connectivity index (χ2n) is 3.23. The van der Waals surface area contributed by atoms with E-state index in [4.69, 9.17) is 4.74 Å². The molecule has 4 heteroatoms. The molecular weight excluding hydrogens is 146 g/mol. The van der Waals surface area contributed by atoms with E-state index in [0.717, 1.165) is 6.54 Å². The normalized spacial score (nSPS) is 45.8. The van der Waals surface area contributed by atoms with Crippen LogP contribution in [0.15, 0.2) is 0 Å². The van der Waals surface area contributed by atoms with Crippen molar-refractivity contribution in [3.8, 4) is 0 Å². The van der Waals surface area contributed by atoms with E-state index >= 15 is 0 Å². The van der Waals surface area contributed by atoms with E-state index in [1.165, 1.54) is 0 Å². The fourth-order valence-corrected chi connectivity index (χ4v) is 1.76. The maximum Gasteiger partial charge on any atom is 0.0995 e. The number of nitrogens with zero attached hydrogens (tertiary/aromatic N) is 1. The highest BCUT2D eigenvalue weighted by Gasteiger charge is 2.39. The summed E-state index contributed by atoms with van der Waals surface area (Å²) in [7, 11) is 0. The smallest absolute Gasteiger partial charge is 0.0995 e. The first-order chi connectivity index (χ1) is 5.29. The van der Waals surface area contributed by atoms with Gasteiger partial charge in [-0.15, -0.1) is 0 Å². The molecule has 0 aromatic heterocycles. The van der Waals surface area contributed by atoms with Crippen LogP contribution in [-0.2, 0) is 4.74 Å². The summed E-state index contributed by atoms with van der Waals surface area (Å²) in [6.45, 7) is 2.00. The SMILES string of the molecule is OC1CCN2COCC2C1O. The van der Waals surface area contributed by atoms with Gasteiger partial charge in [0, 0.05) is 6.54 Å². The molecule has 3 unspecified atom stereocenters. The maximum absolute atomic E-state index is 9.48. The molecule has 0 spiro atoms. The molecule has 2 heterocycles. The molecule has 0 aliphatic carbocycles. The molecule has 11 heavy (non-hydrogen) atoms. The Balaban J connectivity index is 2.06. The third-order valence-corrected chi connectivity index (χ3v) is 2.52. The molecule has 64 valence electrons. The lowest BCUT2D eigenvalue weighted by molar-refractivity contribution is -0.0598. The molecule has 0 radical (unpaired) electrons. The summed E-state index contributed by atoms with van der Waals surface area (Å²) in [5.41, 5.74) is 0. The van der Waals surface area contributed by atoms with Gasteiger partial charge in [-0.2, -0.15) is 0 Å². The molecule has 2 N–H and O–H groups in total. The Bertz CT molecular complexity index is 153. The number of ether oxygens (including phenoxy) is 1. The van der Waals surface area contributed by atoms with Gasteiger partial charge >= 0.3 is 0 Å². The van der Waals surface area contributed by atoms with Crippen LogP contribution in [0.3, 0.4) is 0 Å². The standard InChI is InChI=1S/C7H13NO3/c9-6-1-2-8-4-11-3-5(8)7(6)10/h5-7,9-10H,1-4H2. The van der Waals surface area contributed by atoms with Gasteiger partial charge < -0.3 is 14.9 Å². The lowest BCUT2D eigenvalue weighted by Crippen LogP contribution is -2.52. The molecule has 2 aliphatic heterocycles. The van der Waals surface area contributed by atoms with Crippen LogP contribution in [0, 0.1) is 0 Å². The van der Waals surface area contributed by atoms with Crippen molar-refractivity contribution in [2.45, 2.75) is 24.7 Å². The fourth-order valence-electron chi connectivity index (χ4n) is 1.76. The van der Waals surface area contributed by atoms with E-state index < -0.39 is 12.2 Å². The fraction of sp³-hybridized carbons (Fsp3) is 1.00. The number of hydrogen-bond donors (Lipinski definition) is 2. The molecule has 2 saturated heterocycles. The summed E-state index contributed by atoms with van der Waals surface area (Å²) in [5.74, 6) is 0. The molecule has 0 bridgehead atoms. The predicted octanol–water partition coefficient (Wildman–Crippen LogP) is -1.23. The minimum absolute atomic E-state index is 0.0266. The minimum Gasteiger partial charge on any atom is -0.390 e. The quantitative estimate of drug-likeness (QED) is 0.464. The average molecular weight is 159 g/mol. The zero-order valence-corrected chi connectivity index (χ0v) is 6.31. The predicted molar refractivity (Wildman–Crippen MR) is 37.9 cm³/mol. The summed E-state index contributed by atoms with van der Waals surface area (Å²) < 4.78 is 5.17. The van der Waals surface area contributed by atoms with E-state index in [0.29, 0.717) is 19.8 Å². The Morgan fingerprint density at radius 2 is 2.18 bits per heavy atom. The van der Waals surface area contributed by atoms with Gasteiger partial charge in [0.15, 0.2) is 0 Å². The van der Waals surface area contributed by atoms with Crippen molar-refractivity contribution in [1.29, 1.82) is 0 Å². The summed E-state index contributed by atoms with van der Waals surface area (Å²) in [6.07, 6.45) is -0.523. The molecule has 2 fully saturated rings. The van der Waals surface area contributed by atoms with Crippen molar-refractivity contribution in [1.82, 2.24) is 4.90 Å². The first-order valence-electron chi connectivity index (χ1n) is 3.97. The number of hydrogen-bond acceptors (Lipinski definition) is 4. The monoisotopic (exact) mass is 159 g/mol. The molecule has 2 aliphatic rings. The Kier molecular flexibility index (Phi) is 1.85. The average Bonchev–Trinajstić information content (AvgIpc) is 2.45. The van der Waals surface area contributed by atoms with Crippen LogP contribution in [0.5, 0.6) is 0 Å². The van der Waals surface area contributed by atoms with Gasteiger partial charge in [0.05, 0.1) is 31.6 Å². The minimum atomic E-state index is -0.619. The lowest BCUT2D eigenvalue weighted by atomic mass is 9.98. The summed E-state index contributed by atoms with van der Waals surface area (Å²) in [4.78, 5) is 2.07. The van der Waals surface area contributed by atoms with Crippen molar-refractivity contribution in [3.05, 3.63) is 0 Å². The largest absolute Gasteiger partial charge is 0.390 e. The summed E-state index contributed by atoms with van der Waals surface area (Å²) in [5, 5.41) is 18.8.